The van der Waals surface area contributed by atoms with Gasteiger partial charge in [-0.2, -0.15) is 0 Å². The predicted molar refractivity (Wildman–Crippen MR) is 82.1 cm³/mol. The molecule has 0 aliphatic rings. The molecule has 0 saturated heterocycles. The normalized spacial score (nSPS) is 10.2. The molecule has 2 aromatic rings. The number of hydrogen-bond donors (Lipinski definition) is 2. The fourth-order valence-corrected chi connectivity index (χ4v) is 2.42. The molecule has 0 bridgehead atoms. The van der Waals surface area contributed by atoms with Crippen molar-refractivity contribution < 1.29 is 9.90 Å². The van der Waals surface area contributed by atoms with E-state index in [-0.39, 0.29) is 17.5 Å². The van der Waals surface area contributed by atoms with Crippen LogP contribution in [0, 0.1) is 0 Å². The van der Waals surface area contributed by atoms with E-state index in [4.69, 9.17) is 11.6 Å². The molecule has 0 fully saturated rings. The summed E-state index contributed by atoms with van der Waals surface area (Å²) in [7, 11) is 0. The molecule has 6 heteroatoms. The summed E-state index contributed by atoms with van der Waals surface area (Å²) in [6.07, 6.45) is 1.51. The number of carbonyl (C=O) groups is 1. The van der Waals surface area contributed by atoms with Gasteiger partial charge in [0.05, 0.1) is 5.75 Å². The maximum atomic E-state index is 11.7. The summed E-state index contributed by atoms with van der Waals surface area (Å²) < 4.78 is 0. The first-order valence-corrected chi connectivity index (χ1v) is 7.44. The second-order valence-corrected chi connectivity index (χ2v) is 5.46. The summed E-state index contributed by atoms with van der Waals surface area (Å²) in [6, 6.07) is 10.6. The number of amides is 1. The quantitative estimate of drug-likeness (QED) is 0.889. The van der Waals surface area contributed by atoms with Crippen molar-refractivity contribution in [3.63, 3.8) is 0 Å². The highest BCUT2D eigenvalue weighted by Crippen LogP contribution is 2.19. The molecule has 1 amide bonds. The third-order valence-corrected chi connectivity index (χ3v) is 3.72. The molecule has 1 aromatic heterocycles. The van der Waals surface area contributed by atoms with Crippen molar-refractivity contribution in [1.29, 1.82) is 0 Å². The van der Waals surface area contributed by atoms with Gasteiger partial charge < -0.3 is 10.4 Å². The van der Waals surface area contributed by atoms with E-state index >= 15 is 0 Å². The SMILES string of the molecule is O=C(CSCc1ccc(Cl)cc1)Nc1ncccc1O. The summed E-state index contributed by atoms with van der Waals surface area (Å²) in [5, 5.41) is 12.8. The van der Waals surface area contributed by atoms with Gasteiger partial charge in [-0.05, 0) is 29.8 Å². The van der Waals surface area contributed by atoms with Gasteiger partial charge >= 0.3 is 0 Å². The number of rotatable bonds is 5. The maximum Gasteiger partial charge on any atom is 0.235 e. The van der Waals surface area contributed by atoms with Crippen LogP contribution in [0.25, 0.3) is 0 Å². The maximum absolute atomic E-state index is 11.7. The molecule has 0 radical (unpaired) electrons. The van der Waals surface area contributed by atoms with Gasteiger partial charge in [-0.15, -0.1) is 11.8 Å². The third kappa shape index (κ3) is 4.43. The molecule has 104 valence electrons. The van der Waals surface area contributed by atoms with Crippen LogP contribution in [0.4, 0.5) is 5.82 Å². The Kier molecular flexibility index (Phi) is 5.26. The Balaban J connectivity index is 1.78. The lowest BCUT2D eigenvalue weighted by atomic mass is 10.2. The number of pyridine rings is 1. The number of nitrogens with one attached hydrogen (secondary N) is 1. The van der Waals surface area contributed by atoms with Crippen molar-refractivity contribution >= 4 is 35.1 Å². The van der Waals surface area contributed by atoms with Crippen molar-refractivity contribution in [2.45, 2.75) is 5.75 Å². The molecule has 4 nitrogen and oxygen atoms in total. The van der Waals surface area contributed by atoms with E-state index in [0.717, 1.165) is 11.3 Å². The Morgan fingerprint density at radius 3 is 2.75 bits per heavy atom. The average molecular weight is 309 g/mol. The molecule has 0 spiro atoms. The minimum absolute atomic E-state index is 0.0384. The first kappa shape index (κ1) is 14.7. The first-order chi connectivity index (χ1) is 9.65. The number of benzene rings is 1. The van der Waals surface area contributed by atoms with Crippen LogP contribution in [-0.4, -0.2) is 21.8 Å². The van der Waals surface area contributed by atoms with E-state index < -0.39 is 0 Å². The molecule has 20 heavy (non-hydrogen) atoms. The third-order valence-electron chi connectivity index (χ3n) is 2.46. The van der Waals surface area contributed by atoms with Gasteiger partial charge in [0, 0.05) is 17.0 Å². The number of hydrogen-bond acceptors (Lipinski definition) is 4. The summed E-state index contributed by atoms with van der Waals surface area (Å²) in [6.45, 7) is 0. The molecule has 2 rings (SSSR count). The molecule has 0 saturated carbocycles. The zero-order valence-corrected chi connectivity index (χ0v) is 12.1. The van der Waals surface area contributed by atoms with Gasteiger partial charge in [-0.3, -0.25) is 4.79 Å². The molecule has 0 atom stereocenters. The molecular weight excluding hydrogens is 296 g/mol. The van der Waals surface area contributed by atoms with E-state index in [1.165, 1.54) is 24.0 Å². The Labute approximate surface area is 126 Å². The van der Waals surface area contributed by atoms with Crippen molar-refractivity contribution in [2.24, 2.45) is 0 Å². The minimum atomic E-state index is -0.196. The van der Waals surface area contributed by atoms with Crippen LogP contribution >= 0.6 is 23.4 Å². The monoisotopic (exact) mass is 308 g/mol. The van der Waals surface area contributed by atoms with Gasteiger partial charge in [0.1, 0.15) is 0 Å². The van der Waals surface area contributed by atoms with Gasteiger partial charge in [0.15, 0.2) is 11.6 Å². The average Bonchev–Trinajstić information content (AvgIpc) is 2.44. The lowest BCUT2D eigenvalue weighted by Gasteiger charge is -2.06. The van der Waals surface area contributed by atoms with Gasteiger partial charge in [-0.1, -0.05) is 23.7 Å². The van der Waals surface area contributed by atoms with E-state index in [1.807, 2.05) is 24.3 Å². The zero-order chi connectivity index (χ0) is 14.4. The topological polar surface area (TPSA) is 62.2 Å². The van der Waals surface area contributed by atoms with E-state index in [1.54, 1.807) is 6.07 Å². The zero-order valence-electron chi connectivity index (χ0n) is 10.5. The highest BCUT2D eigenvalue weighted by molar-refractivity contribution is 7.99. The number of carbonyl (C=O) groups excluding carboxylic acids is 1. The number of aromatic nitrogens is 1. The standard InChI is InChI=1S/C14H13ClN2O2S/c15-11-5-3-10(4-6-11)8-20-9-13(19)17-14-12(18)2-1-7-16-14/h1-7,18H,8-9H2,(H,16,17,19). The van der Waals surface area contributed by atoms with Crippen LogP contribution in [0.15, 0.2) is 42.6 Å². The van der Waals surface area contributed by atoms with Gasteiger partial charge in [0.2, 0.25) is 5.91 Å². The van der Waals surface area contributed by atoms with Crippen LogP contribution in [0.3, 0.4) is 0 Å². The van der Waals surface area contributed by atoms with Crippen molar-refractivity contribution in [1.82, 2.24) is 4.98 Å². The molecular formula is C14H13ClN2O2S. The largest absolute Gasteiger partial charge is 0.504 e. The second-order valence-electron chi connectivity index (χ2n) is 4.04. The predicted octanol–water partition coefficient (Wildman–Crippen LogP) is 3.31. The number of nitrogens with zero attached hydrogens (tertiary/aromatic N) is 1. The summed E-state index contributed by atoms with van der Waals surface area (Å²) in [4.78, 5) is 15.6. The molecule has 0 unspecified atom stereocenters. The van der Waals surface area contributed by atoms with Crippen molar-refractivity contribution in [2.75, 3.05) is 11.1 Å². The van der Waals surface area contributed by atoms with Crippen LogP contribution in [0.2, 0.25) is 5.02 Å². The fourth-order valence-electron chi connectivity index (χ4n) is 1.50. The fraction of sp³-hybridized carbons (Fsp3) is 0.143. The number of thioether (sulfide) groups is 1. The minimum Gasteiger partial charge on any atom is -0.504 e. The molecule has 2 N–H and O–H groups in total. The smallest absolute Gasteiger partial charge is 0.235 e. The van der Waals surface area contributed by atoms with E-state index in [9.17, 15) is 9.90 Å². The van der Waals surface area contributed by atoms with Gasteiger partial charge in [-0.25, -0.2) is 4.98 Å². The Morgan fingerprint density at radius 1 is 1.30 bits per heavy atom. The van der Waals surface area contributed by atoms with Crippen molar-refractivity contribution in [3.8, 4) is 5.75 Å². The van der Waals surface area contributed by atoms with Gasteiger partial charge in [0.25, 0.3) is 0 Å². The molecule has 1 aromatic carbocycles. The lowest BCUT2D eigenvalue weighted by Crippen LogP contribution is -2.15. The van der Waals surface area contributed by atoms with Crippen LogP contribution in [0.5, 0.6) is 5.75 Å². The number of aromatic hydroxyl groups is 1. The Hall–Kier alpha value is -1.72. The Bertz CT molecular complexity index is 590. The summed E-state index contributed by atoms with van der Waals surface area (Å²) in [5.74, 6) is 0.961. The van der Waals surface area contributed by atoms with Crippen LogP contribution in [-0.2, 0) is 10.5 Å². The van der Waals surface area contributed by atoms with Crippen LogP contribution < -0.4 is 5.32 Å². The summed E-state index contributed by atoms with van der Waals surface area (Å²) >= 11 is 7.28. The lowest BCUT2D eigenvalue weighted by molar-refractivity contribution is -0.113. The first-order valence-electron chi connectivity index (χ1n) is 5.91. The highest BCUT2D eigenvalue weighted by Gasteiger charge is 2.07. The van der Waals surface area contributed by atoms with E-state index in [2.05, 4.69) is 10.3 Å². The number of halogens is 1. The number of anilines is 1. The molecule has 1 heterocycles. The van der Waals surface area contributed by atoms with Crippen LogP contribution in [0.1, 0.15) is 5.56 Å². The molecule has 0 aliphatic heterocycles. The van der Waals surface area contributed by atoms with Crippen molar-refractivity contribution in [3.05, 3.63) is 53.2 Å². The molecule has 0 aliphatic carbocycles. The summed E-state index contributed by atoms with van der Waals surface area (Å²) in [5.41, 5.74) is 1.10. The second kappa shape index (κ2) is 7.17. The Morgan fingerprint density at radius 2 is 2.05 bits per heavy atom. The highest BCUT2D eigenvalue weighted by atomic mass is 35.5. The van der Waals surface area contributed by atoms with E-state index in [0.29, 0.717) is 10.8 Å².